The molecule has 102 valence electrons. The summed E-state index contributed by atoms with van der Waals surface area (Å²) in [4.78, 5) is 15.8. The Morgan fingerprint density at radius 2 is 1.95 bits per heavy atom. The lowest BCUT2D eigenvalue weighted by atomic mass is 10.1. The second kappa shape index (κ2) is 4.90. The summed E-state index contributed by atoms with van der Waals surface area (Å²) >= 11 is 3.41. The van der Waals surface area contributed by atoms with Gasteiger partial charge in [0.1, 0.15) is 5.82 Å². The first-order chi connectivity index (χ1) is 9.56. The zero-order chi connectivity index (χ0) is 14.3. The van der Waals surface area contributed by atoms with Gasteiger partial charge >= 0.3 is 0 Å². The number of carbonyl (C=O) groups is 1. The van der Waals surface area contributed by atoms with Crippen molar-refractivity contribution in [3.05, 3.63) is 52.8 Å². The highest BCUT2D eigenvalue weighted by molar-refractivity contribution is 9.10. The van der Waals surface area contributed by atoms with Crippen LogP contribution in [-0.2, 0) is 4.79 Å². The Labute approximate surface area is 124 Å². The molecule has 3 nitrogen and oxygen atoms in total. The fourth-order valence-corrected chi connectivity index (χ4v) is 2.74. The second-order valence-corrected chi connectivity index (χ2v) is 5.61. The molecule has 1 heterocycles. The van der Waals surface area contributed by atoms with E-state index < -0.39 is 0 Å². The predicted octanol–water partition coefficient (Wildman–Crippen LogP) is 3.70. The van der Waals surface area contributed by atoms with E-state index in [4.69, 9.17) is 0 Å². The van der Waals surface area contributed by atoms with E-state index >= 15 is 0 Å². The summed E-state index contributed by atoms with van der Waals surface area (Å²) in [7, 11) is 1.87. The molecule has 20 heavy (non-hydrogen) atoms. The third kappa shape index (κ3) is 2.18. The summed E-state index contributed by atoms with van der Waals surface area (Å²) in [5.41, 5.74) is 2.24. The Morgan fingerprint density at radius 1 is 1.15 bits per heavy atom. The molecule has 0 radical (unpaired) electrons. The van der Waals surface area contributed by atoms with Crippen molar-refractivity contribution < 1.29 is 9.18 Å². The topological polar surface area (TPSA) is 23.6 Å². The Bertz CT molecular complexity index is 689. The largest absolute Gasteiger partial charge is 0.364 e. The molecule has 0 aliphatic carbocycles. The molecule has 0 spiro atoms. The molecule has 1 aliphatic heterocycles. The monoisotopic (exact) mass is 334 g/mol. The van der Waals surface area contributed by atoms with Crippen LogP contribution in [-0.4, -0.2) is 19.5 Å². The highest BCUT2D eigenvalue weighted by Gasteiger charge is 2.28. The standard InChI is InChI=1S/C15H12BrFN2O/c1-18-9-15(20)19(12-4-2-3-11(17)8-12)14-7-10(16)5-6-13(14)18/h2-8H,9H2,1H3. The number of hydrogen-bond donors (Lipinski definition) is 0. The van der Waals surface area contributed by atoms with Gasteiger partial charge in [0.05, 0.1) is 23.6 Å². The van der Waals surface area contributed by atoms with Crippen molar-refractivity contribution in [1.29, 1.82) is 0 Å². The van der Waals surface area contributed by atoms with Crippen LogP contribution in [0.4, 0.5) is 21.5 Å². The van der Waals surface area contributed by atoms with Crippen LogP contribution in [0.25, 0.3) is 0 Å². The predicted molar refractivity (Wildman–Crippen MR) is 81.0 cm³/mol. The SMILES string of the molecule is CN1CC(=O)N(c2cccc(F)c2)c2cc(Br)ccc21. The van der Waals surface area contributed by atoms with Gasteiger partial charge in [-0.2, -0.15) is 0 Å². The molecule has 0 bridgehead atoms. The molecule has 3 rings (SSSR count). The lowest BCUT2D eigenvalue weighted by Gasteiger charge is -2.35. The quantitative estimate of drug-likeness (QED) is 0.793. The lowest BCUT2D eigenvalue weighted by Crippen LogP contribution is -2.41. The van der Waals surface area contributed by atoms with Crippen molar-refractivity contribution in [3.63, 3.8) is 0 Å². The Hall–Kier alpha value is -1.88. The molecule has 2 aromatic rings. The van der Waals surface area contributed by atoms with Gasteiger partial charge < -0.3 is 4.90 Å². The van der Waals surface area contributed by atoms with Gasteiger partial charge in [-0.15, -0.1) is 0 Å². The molecule has 5 heteroatoms. The maximum absolute atomic E-state index is 13.4. The fourth-order valence-electron chi connectivity index (χ4n) is 2.39. The van der Waals surface area contributed by atoms with E-state index in [9.17, 15) is 9.18 Å². The van der Waals surface area contributed by atoms with Crippen molar-refractivity contribution in [2.24, 2.45) is 0 Å². The molecule has 0 saturated heterocycles. The normalized spacial score (nSPS) is 14.4. The molecule has 0 unspecified atom stereocenters. The summed E-state index contributed by atoms with van der Waals surface area (Å²) in [6, 6.07) is 11.8. The minimum absolute atomic E-state index is 0.0799. The zero-order valence-electron chi connectivity index (χ0n) is 10.8. The van der Waals surface area contributed by atoms with Crippen LogP contribution in [0, 0.1) is 5.82 Å². The number of anilines is 3. The summed E-state index contributed by atoms with van der Waals surface area (Å²) in [5.74, 6) is -0.436. The highest BCUT2D eigenvalue weighted by atomic mass is 79.9. The van der Waals surface area contributed by atoms with Crippen LogP contribution in [0.5, 0.6) is 0 Å². The van der Waals surface area contributed by atoms with Crippen LogP contribution in [0.3, 0.4) is 0 Å². The number of fused-ring (bicyclic) bond motifs is 1. The van der Waals surface area contributed by atoms with Crippen LogP contribution < -0.4 is 9.80 Å². The van der Waals surface area contributed by atoms with Gasteiger partial charge in [0.25, 0.3) is 5.91 Å². The van der Waals surface area contributed by atoms with Gasteiger partial charge in [0.15, 0.2) is 0 Å². The number of carbonyl (C=O) groups excluding carboxylic acids is 1. The van der Waals surface area contributed by atoms with E-state index in [0.717, 1.165) is 15.8 Å². The summed E-state index contributed by atoms with van der Waals surface area (Å²) in [6.45, 7) is 0.269. The molecular formula is C15H12BrFN2O. The van der Waals surface area contributed by atoms with Crippen molar-refractivity contribution in [2.45, 2.75) is 0 Å². The third-order valence-electron chi connectivity index (χ3n) is 3.28. The summed E-state index contributed by atoms with van der Waals surface area (Å²) in [5, 5.41) is 0. The maximum atomic E-state index is 13.4. The van der Waals surface area contributed by atoms with Gasteiger partial charge in [-0.05, 0) is 36.4 Å². The van der Waals surface area contributed by atoms with Gasteiger partial charge in [0.2, 0.25) is 0 Å². The fraction of sp³-hybridized carbons (Fsp3) is 0.133. The van der Waals surface area contributed by atoms with E-state index in [0.29, 0.717) is 5.69 Å². The first kappa shape index (κ1) is 13.1. The van der Waals surface area contributed by atoms with E-state index in [2.05, 4.69) is 15.9 Å². The number of halogens is 2. The van der Waals surface area contributed by atoms with E-state index in [-0.39, 0.29) is 18.3 Å². The number of nitrogens with zero attached hydrogens (tertiary/aromatic N) is 2. The summed E-state index contributed by atoms with van der Waals surface area (Å²) in [6.07, 6.45) is 0. The van der Waals surface area contributed by atoms with Crippen molar-refractivity contribution in [2.75, 3.05) is 23.4 Å². The van der Waals surface area contributed by atoms with Crippen LogP contribution in [0.2, 0.25) is 0 Å². The zero-order valence-corrected chi connectivity index (χ0v) is 12.4. The van der Waals surface area contributed by atoms with E-state index in [1.54, 1.807) is 17.0 Å². The Kier molecular flexibility index (Phi) is 3.22. The Morgan fingerprint density at radius 3 is 2.70 bits per heavy atom. The first-order valence-corrected chi connectivity index (χ1v) is 6.95. The molecular weight excluding hydrogens is 323 g/mol. The molecule has 0 atom stereocenters. The molecule has 1 aliphatic rings. The molecule has 0 N–H and O–H groups in total. The van der Waals surface area contributed by atoms with Crippen molar-refractivity contribution >= 4 is 38.9 Å². The molecule has 0 fully saturated rings. The molecule has 2 aromatic carbocycles. The first-order valence-electron chi connectivity index (χ1n) is 6.15. The molecule has 0 saturated carbocycles. The number of amides is 1. The van der Waals surface area contributed by atoms with Crippen LogP contribution in [0.1, 0.15) is 0 Å². The van der Waals surface area contributed by atoms with Gasteiger partial charge in [-0.25, -0.2) is 4.39 Å². The van der Waals surface area contributed by atoms with Gasteiger partial charge in [0, 0.05) is 11.5 Å². The summed E-state index contributed by atoms with van der Waals surface area (Å²) < 4.78 is 14.3. The maximum Gasteiger partial charge on any atom is 0.251 e. The Balaban J connectivity index is 2.18. The van der Waals surface area contributed by atoms with E-state index in [1.807, 2.05) is 30.1 Å². The smallest absolute Gasteiger partial charge is 0.251 e. The number of hydrogen-bond acceptors (Lipinski definition) is 2. The van der Waals surface area contributed by atoms with Gasteiger partial charge in [-0.3, -0.25) is 9.69 Å². The minimum atomic E-state index is -0.356. The third-order valence-corrected chi connectivity index (χ3v) is 3.77. The van der Waals surface area contributed by atoms with Crippen molar-refractivity contribution in [3.8, 4) is 0 Å². The second-order valence-electron chi connectivity index (χ2n) is 4.70. The van der Waals surface area contributed by atoms with Crippen LogP contribution >= 0.6 is 15.9 Å². The lowest BCUT2D eigenvalue weighted by molar-refractivity contribution is -0.116. The van der Waals surface area contributed by atoms with E-state index in [1.165, 1.54) is 12.1 Å². The van der Waals surface area contributed by atoms with Crippen molar-refractivity contribution in [1.82, 2.24) is 0 Å². The average molecular weight is 335 g/mol. The molecule has 0 aromatic heterocycles. The highest BCUT2D eigenvalue weighted by Crippen LogP contribution is 2.39. The van der Waals surface area contributed by atoms with Gasteiger partial charge in [-0.1, -0.05) is 22.0 Å². The number of rotatable bonds is 1. The average Bonchev–Trinajstić information content (AvgIpc) is 2.38. The molecule has 1 amide bonds. The number of likely N-dealkylation sites (N-methyl/N-ethyl adjacent to an activating group) is 1. The number of benzene rings is 2. The van der Waals surface area contributed by atoms with Crippen LogP contribution in [0.15, 0.2) is 46.9 Å². The minimum Gasteiger partial charge on any atom is -0.364 e.